The van der Waals surface area contributed by atoms with Crippen LogP contribution in [-0.4, -0.2) is 33.8 Å². The number of hydrogen-bond acceptors (Lipinski definition) is 4. The van der Waals surface area contributed by atoms with Gasteiger partial charge in [-0.25, -0.2) is 0 Å². The zero-order chi connectivity index (χ0) is 21.0. The number of alkyl halides is 1. The summed E-state index contributed by atoms with van der Waals surface area (Å²) in [5.74, 6) is 0.0549. The van der Waals surface area contributed by atoms with Crippen molar-refractivity contribution in [1.29, 1.82) is 0 Å². The standard InChI is InChI=1S/C24H33ClO4/c1-15(2)29-23(28)8-6-4-3-5-7-19-20(25)14-22(27)24(19)17-9-11-18-16(13-17)10-12-21(18)26/h3,5,9,11,13,15,19-22,24,26-27H,4,6-8,10,12,14H2,1-2H3/t19-,20+,21?,22+,24+/m0/s1. The first-order chi connectivity index (χ1) is 13.9. The van der Waals surface area contributed by atoms with Crippen LogP contribution in [0.2, 0.25) is 0 Å². The van der Waals surface area contributed by atoms with E-state index in [0.29, 0.717) is 12.8 Å². The number of fused-ring (bicyclic) bond motifs is 1. The molecule has 29 heavy (non-hydrogen) atoms. The topological polar surface area (TPSA) is 66.8 Å². The molecule has 0 aromatic heterocycles. The molecule has 1 fully saturated rings. The molecule has 5 atom stereocenters. The molecular formula is C24H33ClO4. The van der Waals surface area contributed by atoms with Crippen LogP contribution < -0.4 is 0 Å². The van der Waals surface area contributed by atoms with E-state index in [1.54, 1.807) is 0 Å². The van der Waals surface area contributed by atoms with Crippen LogP contribution in [0.1, 0.15) is 81.1 Å². The minimum atomic E-state index is -0.439. The number of benzene rings is 1. The second kappa shape index (κ2) is 10.1. The molecule has 2 aliphatic rings. The highest BCUT2D eigenvalue weighted by Gasteiger charge is 2.42. The number of aryl methyl sites for hydroxylation is 1. The highest BCUT2D eigenvalue weighted by atomic mass is 35.5. The lowest BCUT2D eigenvalue weighted by Gasteiger charge is -2.23. The van der Waals surface area contributed by atoms with E-state index >= 15 is 0 Å². The monoisotopic (exact) mass is 420 g/mol. The van der Waals surface area contributed by atoms with E-state index in [2.05, 4.69) is 18.2 Å². The smallest absolute Gasteiger partial charge is 0.306 e. The van der Waals surface area contributed by atoms with Gasteiger partial charge in [0.2, 0.25) is 0 Å². The Morgan fingerprint density at radius 1 is 1.31 bits per heavy atom. The molecule has 0 spiro atoms. The van der Waals surface area contributed by atoms with Crippen LogP contribution in [0.5, 0.6) is 0 Å². The second-order valence-corrected chi connectivity index (χ2v) is 9.22. The zero-order valence-corrected chi connectivity index (χ0v) is 18.1. The Labute approximate surface area is 178 Å². The maximum Gasteiger partial charge on any atom is 0.306 e. The average molecular weight is 421 g/mol. The van der Waals surface area contributed by atoms with Crippen LogP contribution in [0.4, 0.5) is 0 Å². The van der Waals surface area contributed by atoms with Crippen LogP contribution >= 0.6 is 11.6 Å². The molecule has 1 aromatic rings. The van der Waals surface area contributed by atoms with Crippen LogP contribution in [0.3, 0.4) is 0 Å². The summed E-state index contributed by atoms with van der Waals surface area (Å²) in [5, 5.41) is 20.6. The van der Waals surface area contributed by atoms with Gasteiger partial charge < -0.3 is 14.9 Å². The Hall–Kier alpha value is -1.36. The average Bonchev–Trinajstić information content (AvgIpc) is 3.16. The summed E-state index contributed by atoms with van der Waals surface area (Å²) in [6.45, 7) is 3.71. The van der Waals surface area contributed by atoms with Crippen molar-refractivity contribution in [3.05, 3.63) is 47.0 Å². The molecule has 5 heteroatoms. The summed E-state index contributed by atoms with van der Waals surface area (Å²) in [7, 11) is 0. The van der Waals surface area contributed by atoms with Crippen molar-refractivity contribution in [2.45, 2.75) is 88.4 Å². The number of halogens is 1. The molecule has 2 N–H and O–H groups in total. The molecule has 0 amide bonds. The van der Waals surface area contributed by atoms with Gasteiger partial charge in [0.1, 0.15) is 0 Å². The van der Waals surface area contributed by atoms with Crippen molar-refractivity contribution in [2.24, 2.45) is 5.92 Å². The first-order valence-corrected chi connectivity index (χ1v) is 11.3. The molecule has 0 radical (unpaired) electrons. The second-order valence-electron chi connectivity index (χ2n) is 8.66. The van der Waals surface area contributed by atoms with E-state index in [4.69, 9.17) is 16.3 Å². The van der Waals surface area contributed by atoms with Gasteiger partial charge in [-0.05, 0) is 75.0 Å². The fourth-order valence-corrected chi connectivity index (χ4v) is 5.15. The lowest BCUT2D eigenvalue weighted by Crippen LogP contribution is -2.18. The summed E-state index contributed by atoms with van der Waals surface area (Å²) >= 11 is 6.59. The van der Waals surface area contributed by atoms with E-state index < -0.39 is 6.10 Å². The fourth-order valence-electron chi connectivity index (χ4n) is 4.71. The molecular weight excluding hydrogens is 388 g/mol. The van der Waals surface area contributed by atoms with Crippen LogP contribution in [0.15, 0.2) is 30.4 Å². The molecule has 1 aromatic carbocycles. The predicted molar refractivity (Wildman–Crippen MR) is 115 cm³/mol. The summed E-state index contributed by atoms with van der Waals surface area (Å²) in [6, 6.07) is 6.22. The molecule has 2 aliphatic carbocycles. The number of aliphatic hydroxyl groups excluding tert-OH is 2. The summed E-state index contributed by atoms with van der Waals surface area (Å²) in [6.07, 6.45) is 8.50. The Bertz CT molecular complexity index is 730. The maximum absolute atomic E-state index is 11.6. The van der Waals surface area contributed by atoms with Crippen molar-refractivity contribution < 1.29 is 19.7 Å². The summed E-state index contributed by atoms with van der Waals surface area (Å²) in [5.41, 5.74) is 3.35. The molecule has 4 nitrogen and oxygen atoms in total. The van der Waals surface area contributed by atoms with Gasteiger partial charge in [0.05, 0.1) is 18.3 Å². The van der Waals surface area contributed by atoms with E-state index in [-0.39, 0.29) is 35.4 Å². The third kappa shape index (κ3) is 5.62. The number of ether oxygens (including phenoxy) is 1. The van der Waals surface area contributed by atoms with Crippen LogP contribution in [-0.2, 0) is 16.0 Å². The number of esters is 1. The maximum atomic E-state index is 11.6. The van der Waals surface area contributed by atoms with E-state index in [0.717, 1.165) is 43.2 Å². The van der Waals surface area contributed by atoms with Crippen molar-refractivity contribution >= 4 is 17.6 Å². The quantitative estimate of drug-likeness (QED) is 0.274. The minimum absolute atomic E-state index is 0.0196. The number of aliphatic hydroxyl groups is 2. The third-order valence-corrected chi connectivity index (χ3v) is 6.60. The van der Waals surface area contributed by atoms with E-state index in [9.17, 15) is 15.0 Å². The number of hydrogen-bond donors (Lipinski definition) is 2. The van der Waals surface area contributed by atoms with Gasteiger partial charge in [-0.3, -0.25) is 4.79 Å². The Morgan fingerprint density at radius 2 is 2.10 bits per heavy atom. The van der Waals surface area contributed by atoms with Crippen molar-refractivity contribution in [3.8, 4) is 0 Å². The minimum Gasteiger partial charge on any atom is -0.463 e. The number of rotatable bonds is 8. The predicted octanol–water partition coefficient (Wildman–Crippen LogP) is 4.81. The highest BCUT2D eigenvalue weighted by Crippen LogP contribution is 2.46. The number of carbonyl (C=O) groups is 1. The Morgan fingerprint density at radius 3 is 2.86 bits per heavy atom. The molecule has 0 bridgehead atoms. The number of carbonyl (C=O) groups excluding carboxylic acids is 1. The summed E-state index contributed by atoms with van der Waals surface area (Å²) < 4.78 is 5.14. The van der Waals surface area contributed by atoms with Gasteiger partial charge in [-0.2, -0.15) is 0 Å². The van der Waals surface area contributed by atoms with E-state index in [1.165, 1.54) is 5.56 Å². The first-order valence-electron chi connectivity index (χ1n) is 10.8. The fraction of sp³-hybridized carbons (Fsp3) is 0.625. The number of unbranched alkanes of at least 4 members (excludes halogenated alkanes) is 1. The van der Waals surface area contributed by atoms with Gasteiger partial charge in [0.15, 0.2) is 0 Å². The molecule has 0 aliphatic heterocycles. The Balaban J connectivity index is 1.56. The molecule has 160 valence electrons. The largest absolute Gasteiger partial charge is 0.463 e. The lowest BCUT2D eigenvalue weighted by molar-refractivity contribution is -0.147. The van der Waals surface area contributed by atoms with E-state index in [1.807, 2.05) is 26.0 Å². The van der Waals surface area contributed by atoms with Crippen molar-refractivity contribution in [1.82, 2.24) is 0 Å². The van der Waals surface area contributed by atoms with Gasteiger partial charge in [-0.15, -0.1) is 11.6 Å². The summed E-state index contributed by atoms with van der Waals surface area (Å²) in [4.78, 5) is 11.6. The highest BCUT2D eigenvalue weighted by molar-refractivity contribution is 6.21. The molecule has 1 saturated carbocycles. The normalized spacial score (nSPS) is 29.0. The van der Waals surface area contributed by atoms with Gasteiger partial charge in [0.25, 0.3) is 0 Å². The molecule has 3 rings (SSSR count). The zero-order valence-electron chi connectivity index (χ0n) is 17.4. The first kappa shape index (κ1) is 22.3. The molecule has 0 heterocycles. The van der Waals surface area contributed by atoms with Gasteiger partial charge in [0, 0.05) is 17.7 Å². The SMILES string of the molecule is CC(C)OC(=O)CCCC=CC[C@@H]1[C@@H](c2ccc3c(c2)CCC3O)[C@H](O)C[C@H]1Cl. The van der Waals surface area contributed by atoms with Crippen molar-refractivity contribution in [3.63, 3.8) is 0 Å². The number of allylic oxidation sites excluding steroid dienone is 2. The molecule has 1 unspecified atom stereocenters. The van der Waals surface area contributed by atoms with Crippen molar-refractivity contribution in [2.75, 3.05) is 0 Å². The Kier molecular flexibility index (Phi) is 7.78. The van der Waals surface area contributed by atoms with Crippen LogP contribution in [0, 0.1) is 5.92 Å². The lowest BCUT2D eigenvalue weighted by atomic mass is 9.84. The van der Waals surface area contributed by atoms with Gasteiger partial charge >= 0.3 is 5.97 Å². The van der Waals surface area contributed by atoms with Crippen LogP contribution in [0.25, 0.3) is 0 Å². The van der Waals surface area contributed by atoms with Gasteiger partial charge in [-0.1, -0.05) is 30.4 Å². The third-order valence-electron chi connectivity index (χ3n) is 6.10. The molecule has 0 saturated heterocycles.